The minimum Gasteiger partial charge on any atom is -0.444 e. The molecule has 1 saturated heterocycles. The lowest BCUT2D eigenvalue weighted by Gasteiger charge is -2.26. The van der Waals surface area contributed by atoms with E-state index in [9.17, 15) is 31.4 Å². The number of nitrogens with zero attached hydrogens (tertiary/aromatic N) is 1. The Bertz CT molecular complexity index is 836. The Hall–Kier alpha value is -2.37. The summed E-state index contributed by atoms with van der Waals surface area (Å²) in [5, 5.41) is 2.44. The van der Waals surface area contributed by atoms with Crippen molar-refractivity contribution in [3.8, 4) is 5.75 Å². The summed E-state index contributed by atoms with van der Waals surface area (Å²) < 4.78 is 71.9. The summed E-state index contributed by atoms with van der Waals surface area (Å²) in [5.74, 6) is -1.97. The zero-order valence-electron chi connectivity index (χ0n) is 17.3. The largest absolute Gasteiger partial charge is 0.508 e. The molecule has 1 heterocycles. The number of rotatable bonds is 6. The first-order valence-corrected chi connectivity index (χ1v) is 10.6. The Labute approximate surface area is 179 Å². The Morgan fingerprint density at radius 3 is 2.32 bits per heavy atom. The molecule has 0 saturated carbocycles. The van der Waals surface area contributed by atoms with Crippen molar-refractivity contribution in [2.75, 3.05) is 13.1 Å². The molecule has 2 amide bonds. The maximum atomic E-state index is 14.5. The van der Waals surface area contributed by atoms with Crippen molar-refractivity contribution in [2.45, 2.75) is 57.2 Å². The van der Waals surface area contributed by atoms with Crippen molar-refractivity contribution in [3.05, 3.63) is 29.6 Å². The zero-order chi connectivity index (χ0) is 23.4. The number of halogens is 4. The predicted molar refractivity (Wildman–Crippen MR) is 104 cm³/mol. The van der Waals surface area contributed by atoms with Gasteiger partial charge in [0.05, 0.1) is 0 Å². The van der Waals surface area contributed by atoms with Crippen molar-refractivity contribution in [2.24, 2.45) is 0 Å². The van der Waals surface area contributed by atoms with E-state index in [1.165, 1.54) is 0 Å². The number of alkyl halides is 3. The van der Waals surface area contributed by atoms with Crippen LogP contribution in [0.2, 0.25) is 0 Å². The van der Waals surface area contributed by atoms with Crippen molar-refractivity contribution in [3.63, 3.8) is 0 Å². The number of amides is 2. The summed E-state index contributed by atoms with van der Waals surface area (Å²) >= 11 is -3.64. The summed E-state index contributed by atoms with van der Waals surface area (Å²) in [6.07, 6.45) is 0.498. The molecule has 1 aromatic rings. The van der Waals surface area contributed by atoms with Crippen molar-refractivity contribution in [1.82, 2.24) is 10.2 Å². The Balaban J connectivity index is 2.17. The monoisotopic (exact) mass is 468 g/mol. The van der Waals surface area contributed by atoms with Crippen molar-refractivity contribution in [1.29, 1.82) is 0 Å². The minimum atomic E-state index is -5.11. The fraction of sp³-hybridized carbons (Fsp3) is 0.579. The summed E-state index contributed by atoms with van der Waals surface area (Å²) in [6.45, 7) is 5.95. The Kier molecular flexibility index (Phi) is 7.90. The van der Waals surface area contributed by atoms with Gasteiger partial charge >= 0.3 is 22.7 Å². The molecular formula is C19H24F4N2O5S. The van der Waals surface area contributed by atoms with Crippen LogP contribution in [0.3, 0.4) is 0 Å². The van der Waals surface area contributed by atoms with Crippen molar-refractivity contribution >= 4 is 23.1 Å². The van der Waals surface area contributed by atoms with Crippen molar-refractivity contribution < 1.29 is 40.3 Å². The van der Waals surface area contributed by atoms with Crippen LogP contribution in [0.4, 0.5) is 22.4 Å². The number of hydrogen-bond donors (Lipinski definition) is 1. The van der Waals surface area contributed by atoms with Crippen LogP contribution >= 0.6 is 0 Å². The number of carbonyl (C=O) groups excluding carboxylic acids is 2. The maximum Gasteiger partial charge on any atom is 0.508 e. The topological polar surface area (TPSA) is 84.9 Å². The molecule has 0 bridgehead atoms. The molecule has 2 rings (SSSR count). The highest BCUT2D eigenvalue weighted by molar-refractivity contribution is 7.81. The van der Waals surface area contributed by atoms with Crippen LogP contribution in [0.5, 0.6) is 5.75 Å². The summed E-state index contributed by atoms with van der Waals surface area (Å²) in [7, 11) is 0. The first-order valence-electron chi connectivity index (χ1n) is 9.50. The van der Waals surface area contributed by atoms with Crippen LogP contribution in [0.1, 0.15) is 39.2 Å². The van der Waals surface area contributed by atoms with E-state index in [1.54, 1.807) is 25.7 Å². The zero-order valence-corrected chi connectivity index (χ0v) is 18.1. The second-order valence-corrected chi connectivity index (χ2v) is 9.05. The minimum absolute atomic E-state index is 0.0428. The molecule has 31 heavy (non-hydrogen) atoms. The van der Waals surface area contributed by atoms with Crippen LogP contribution in [0.25, 0.3) is 0 Å². The standard InChI is InChI=1S/C19H24F4N2O5S/c1-18(2,3)29-17(27)24-15(16(26)25-8-4-5-9-25)10-12-6-7-13(11-14(12)20)30-31(28)19(21,22)23/h6-7,11,15H,4-5,8-10H2,1-3H3,(H,24,27)/t15-,31?/m0/s1. The summed E-state index contributed by atoms with van der Waals surface area (Å²) in [4.78, 5) is 26.5. The summed E-state index contributed by atoms with van der Waals surface area (Å²) in [5.41, 5.74) is -5.97. The van der Waals surface area contributed by atoms with Gasteiger partial charge in [0, 0.05) is 25.6 Å². The third-order valence-electron chi connectivity index (χ3n) is 4.22. The van der Waals surface area contributed by atoms with Crippen LogP contribution in [0, 0.1) is 5.82 Å². The lowest BCUT2D eigenvalue weighted by Crippen LogP contribution is -2.50. The third-order valence-corrected chi connectivity index (χ3v) is 4.94. The third kappa shape index (κ3) is 7.67. The molecule has 0 aromatic heterocycles. The van der Waals surface area contributed by atoms with Gasteiger partial charge in [0.15, 0.2) is 0 Å². The lowest BCUT2D eigenvalue weighted by atomic mass is 10.0. The van der Waals surface area contributed by atoms with E-state index < -0.39 is 51.8 Å². The molecule has 1 N–H and O–H groups in total. The number of ether oxygens (including phenoxy) is 1. The van der Waals surface area contributed by atoms with E-state index >= 15 is 0 Å². The average Bonchev–Trinajstić information content (AvgIpc) is 3.14. The molecule has 2 atom stereocenters. The van der Waals surface area contributed by atoms with Gasteiger partial charge in [-0.1, -0.05) is 6.07 Å². The number of alkyl carbamates (subject to hydrolysis) is 1. The van der Waals surface area contributed by atoms with Gasteiger partial charge in [0.1, 0.15) is 23.2 Å². The van der Waals surface area contributed by atoms with Gasteiger partial charge in [-0.2, -0.15) is 13.2 Å². The molecule has 174 valence electrons. The predicted octanol–water partition coefficient (Wildman–Crippen LogP) is 3.45. The van der Waals surface area contributed by atoms with E-state index in [2.05, 4.69) is 9.50 Å². The SMILES string of the molecule is CC(C)(C)OC(=O)N[C@@H](Cc1ccc(OS(=O)C(F)(F)F)cc1F)C(=O)N1CCCC1. The van der Waals surface area contributed by atoms with Gasteiger partial charge in [-0.3, -0.25) is 4.79 Å². The molecule has 1 fully saturated rings. The molecule has 1 aromatic carbocycles. The number of benzene rings is 1. The van der Waals surface area contributed by atoms with Crippen LogP contribution in [-0.4, -0.2) is 51.3 Å². The highest BCUT2D eigenvalue weighted by Crippen LogP contribution is 2.25. The van der Waals surface area contributed by atoms with E-state index in [0.29, 0.717) is 19.2 Å². The second kappa shape index (κ2) is 9.84. The highest BCUT2D eigenvalue weighted by Gasteiger charge is 2.40. The maximum absolute atomic E-state index is 14.5. The summed E-state index contributed by atoms with van der Waals surface area (Å²) in [6, 6.07) is 1.62. The van der Waals surface area contributed by atoms with Crippen LogP contribution in [-0.2, 0) is 27.0 Å². The molecule has 0 aliphatic carbocycles. The molecule has 1 aliphatic heterocycles. The molecule has 1 aliphatic rings. The normalized spacial score (nSPS) is 16.5. The smallest absolute Gasteiger partial charge is 0.444 e. The van der Waals surface area contributed by atoms with E-state index in [-0.39, 0.29) is 12.0 Å². The van der Waals surface area contributed by atoms with Gasteiger partial charge in [-0.25, -0.2) is 13.4 Å². The average molecular weight is 468 g/mol. The van der Waals surface area contributed by atoms with Crippen LogP contribution in [0.15, 0.2) is 18.2 Å². The van der Waals surface area contributed by atoms with E-state index in [1.807, 2.05) is 0 Å². The molecule has 1 unspecified atom stereocenters. The number of likely N-dealkylation sites (tertiary alicyclic amines) is 1. The highest BCUT2D eigenvalue weighted by atomic mass is 32.2. The molecule has 0 radical (unpaired) electrons. The van der Waals surface area contributed by atoms with Gasteiger partial charge < -0.3 is 19.1 Å². The van der Waals surface area contributed by atoms with Gasteiger partial charge in [-0.05, 0) is 45.2 Å². The van der Waals surface area contributed by atoms with Gasteiger partial charge in [-0.15, -0.1) is 0 Å². The first-order chi connectivity index (χ1) is 14.3. The first kappa shape index (κ1) is 24.9. The number of nitrogens with one attached hydrogen (secondary N) is 1. The van der Waals surface area contributed by atoms with E-state index in [0.717, 1.165) is 25.0 Å². The number of hydrogen-bond acceptors (Lipinski definition) is 5. The molecular weight excluding hydrogens is 444 g/mol. The van der Waals surface area contributed by atoms with Gasteiger partial charge in [0.2, 0.25) is 5.91 Å². The number of carbonyl (C=O) groups is 2. The lowest BCUT2D eigenvalue weighted by molar-refractivity contribution is -0.132. The van der Waals surface area contributed by atoms with Crippen LogP contribution < -0.4 is 9.50 Å². The fourth-order valence-electron chi connectivity index (χ4n) is 2.91. The quantitative estimate of drug-likeness (QED) is 0.647. The van der Waals surface area contributed by atoms with E-state index in [4.69, 9.17) is 4.74 Å². The fourth-order valence-corrected chi connectivity index (χ4v) is 3.28. The van der Waals surface area contributed by atoms with Gasteiger partial charge in [0.25, 0.3) is 0 Å². The Morgan fingerprint density at radius 2 is 1.81 bits per heavy atom. The molecule has 0 spiro atoms. The molecule has 12 heteroatoms. The molecule has 7 nitrogen and oxygen atoms in total. The second-order valence-electron chi connectivity index (χ2n) is 7.95. The Morgan fingerprint density at radius 1 is 1.19 bits per heavy atom.